The van der Waals surface area contributed by atoms with Crippen molar-refractivity contribution in [1.29, 1.82) is 0 Å². The SMILES string of the molecule is C[C@H](OC(=O)c1cc(Cl)ccc1O)C(=O)c1ccc(C(C)(C)C)cc1. The molecule has 132 valence electrons. The van der Waals surface area contributed by atoms with E-state index in [1.54, 1.807) is 12.1 Å². The molecule has 2 aromatic carbocycles. The van der Waals surface area contributed by atoms with Gasteiger partial charge in [0, 0.05) is 10.6 Å². The molecule has 1 atom stereocenters. The van der Waals surface area contributed by atoms with E-state index in [0.29, 0.717) is 10.6 Å². The average Bonchev–Trinajstić information content (AvgIpc) is 2.55. The van der Waals surface area contributed by atoms with Crippen molar-refractivity contribution in [2.24, 2.45) is 0 Å². The van der Waals surface area contributed by atoms with Gasteiger partial charge in [-0.3, -0.25) is 4.79 Å². The second-order valence-corrected chi connectivity index (χ2v) is 7.34. The van der Waals surface area contributed by atoms with Gasteiger partial charge in [0.15, 0.2) is 6.10 Å². The van der Waals surface area contributed by atoms with Gasteiger partial charge < -0.3 is 9.84 Å². The van der Waals surface area contributed by atoms with Gasteiger partial charge in [-0.2, -0.15) is 0 Å². The van der Waals surface area contributed by atoms with E-state index in [4.69, 9.17) is 16.3 Å². The summed E-state index contributed by atoms with van der Waals surface area (Å²) in [5.74, 6) is -1.36. The number of carbonyl (C=O) groups excluding carboxylic acids is 2. The number of benzene rings is 2. The Morgan fingerprint density at radius 1 is 1.08 bits per heavy atom. The lowest BCUT2D eigenvalue weighted by Crippen LogP contribution is -2.24. The van der Waals surface area contributed by atoms with E-state index in [0.717, 1.165) is 5.56 Å². The van der Waals surface area contributed by atoms with Crippen molar-refractivity contribution in [3.8, 4) is 5.75 Å². The molecular weight excluding hydrogens is 340 g/mol. The molecular formula is C20H21ClO4. The van der Waals surface area contributed by atoms with Crippen molar-refractivity contribution in [2.45, 2.75) is 39.2 Å². The molecule has 0 bridgehead atoms. The Bertz CT molecular complexity index is 788. The van der Waals surface area contributed by atoms with Crippen LogP contribution in [0.5, 0.6) is 5.75 Å². The first-order chi connectivity index (χ1) is 11.6. The van der Waals surface area contributed by atoms with E-state index in [-0.39, 0.29) is 22.5 Å². The molecule has 0 aliphatic rings. The highest BCUT2D eigenvalue weighted by Crippen LogP contribution is 2.24. The fourth-order valence-electron chi connectivity index (χ4n) is 2.32. The van der Waals surface area contributed by atoms with Crippen LogP contribution in [0, 0.1) is 0 Å². The Kier molecular flexibility index (Phi) is 5.53. The number of hydrogen-bond acceptors (Lipinski definition) is 4. The van der Waals surface area contributed by atoms with Crippen LogP contribution in [0.15, 0.2) is 42.5 Å². The number of esters is 1. The van der Waals surface area contributed by atoms with Crippen molar-refractivity contribution in [2.75, 3.05) is 0 Å². The highest BCUT2D eigenvalue weighted by atomic mass is 35.5. The van der Waals surface area contributed by atoms with Crippen molar-refractivity contribution >= 4 is 23.4 Å². The van der Waals surface area contributed by atoms with E-state index in [1.807, 2.05) is 12.1 Å². The summed E-state index contributed by atoms with van der Waals surface area (Å²) in [6, 6.07) is 11.3. The molecule has 0 fully saturated rings. The van der Waals surface area contributed by atoms with Gasteiger partial charge in [-0.15, -0.1) is 0 Å². The summed E-state index contributed by atoms with van der Waals surface area (Å²) in [4.78, 5) is 24.6. The van der Waals surface area contributed by atoms with Gasteiger partial charge in [0.05, 0.1) is 0 Å². The third-order valence-corrected chi connectivity index (χ3v) is 4.10. The second kappa shape index (κ2) is 7.28. The van der Waals surface area contributed by atoms with Crippen LogP contribution in [0.25, 0.3) is 0 Å². The number of carbonyl (C=O) groups is 2. The minimum atomic E-state index is -0.980. The van der Waals surface area contributed by atoms with E-state index in [1.165, 1.54) is 25.1 Å². The Balaban J connectivity index is 2.12. The molecule has 0 saturated carbocycles. The fourth-order valence-corrected chi connectivity index (χ4v) is 2.49. The first-order valence-electron chi connectivity index (χ1n) is 7.94. The highest BCUT2D eigenvalue weighted by Gasteiger charge is 2.23. The zero-order valence-corrected chi connectivity index (χ0v) is 15.4. The lowest BCUT2D eigenvalue weighted by molar-refractivity contribution is 0.0316. The van der Waals surface area contributed by atoms with Crippen LogP contribution in [0.3, 0.4) is 0 Å². The maximum Gasteiger partial charge on any atom is 0.342 e. The summed E-state index contributed by atoms with van der Waals surface area (Å²) < 4.78 is 5.18. The van der Waals surface area contributed by atoms with E-state index in [2.05, 4.69) is 20.8 Å². The van der Waals surface area contributed by atoms with Gasteiger partial charge in [0.2, 0.25) is 5.78 Å². The van der Waals surface area contributed by atoms with Crippen LogP contribution in [0.1, 0.15) is 54.0 Å². The topological polar surface area (TPSA) is 63.6 Å². The smallest absolute Gasteiger partial charge is 0.342 e. The van der Waals surface area contributed by atoms with Crippen LogP contribution < -0.4 is 0 Å². The molecule has 0 aliphatic carbocycles. The lowest BCUT2D eigenvalue weighted by atomic mass is 9.86. The number of phenols is 1. The molecule has 0 aliphatic heterocycles. The van der Waals surface area contributed by atoms with Gasteiger partial charge in [-0.25, -0.2) is 4.79 Å². The summed E-state index contributed by atoms with van der Waals surface area (Å²) in [5.41, 5.74) is 1.49. The van der Waals surface area contributed by atoms with Crippen molar-refractivity contribution < 1.29 is 19.4 Å². The number of phenolic OH excluding ortho intramolecular Hbond substituents is 1. The summed E-state index contributed by atoms with van der Waals surface area (Å²) in [7, 11) is 0. The number of hydrogen-bond donors (Lipinski definition) is 1. The zero-order valence-electron chi connectivity index (χ0n) is 14.7. The number of Topliss-reactive ketones (excluding diaryl/α,β-unsaturated/α-hetero) is 1. The first kappa shape index (κ1) is 19.0. The number of ketones is 1. The Morgan fingerprint density at radius 3 is 2.24 bits per heavy atom. The predicted molar refractivity (Wildman–Crippen MR) is 97.5 cm³/mol. The molecule has 0 heterocycles. The Hall–Kier alpha value is -2.33. The number of rotatable bonds is 4. The van der Waals surface area contributed by atoms with E-state index in [9.17, 15) is 14.7 Å². The van der Waals surface area contributed by atoms with Crippen LogP contribution >= 0.6 is 11.6 Å². The summed E-state index contributed by atoms with van der Waals surface area (Å²) in [5, 5.41) is 10.0. The molecule has 1 N–H and O–H groups in total. The molecule has 0 spiro atoms. The van der Waals surface area contributed by atoms with Crippen LogP contribution in [0.4, 0.5) is 0 Å². The van der Waals surface area contributed by atoms with Gasteiger partial charge >= 0.3 is 5.97 Å². The summed E-state index contributed by atoms with van der Waals surface area (Å²) >= 11 is 5.82. The molecule has 0 aromatic heterocycles. The standard InChI is InChI=1S/C20H21ClO4/c1-12(25-19(24)16-11-15(21)9-10-17(16)22)18(23)13-5-7-14(8-6-13)20(2,3)4/h5-12,22H,1-4H3/t12-/m0/s1. The van der Waals surface area contributed by atoms with Gasteiger partial charge in [0.25, 0.3) is 0 Å². The summed E-state index contributed by atoms with van der Waals surface area (Å²) in [6.45, 7) is 7.77. The minimum absolute atomic E-state index is 0.0102. The fraction of sp³-hybridized carbons (Fsp3) is 0.300. The molecule has 5 heteroatoms. The molecule has 0 unspecified atom stereocenters. The lowest BCUT2D eigenvalue weighted by Gasteiger charge is -2.19. The third-order valence-electron chi connectivity index (χ3n) is 3.87. The number of ether oxygens (including phenoxy) is 1. The predicted octanol–water partition coefficient (Wildman–Crippen LogP) is 4.77. The Morgan fingerprint density at radius 2 is 1.68 bits per heavy atom. The van der Waals surface area contributed by atoms with Crippen molar-refractivity contribution in [3.05, 3.63) is 64.2 Å². The molecule has 2 rings (SSSR count). The van der Waals surface area contributed by atoms with Gasteiger partial charge in [-0.1, -0.05) is 56.6 Å². The average molecular weight is 361 g/mol. The van der Waals surface area contributed by atoms with Gasteiger partial charge in [-0.05, 0) is 36.1 Å². The van der Waals surface area contributed by atoms with E-state index < -0.39 is 12.1 Å². The van der Waals surface area contributed by atoms with Crippen LogP contribution in [0.2, 0.25) is 5.02 Å². The third kappa shape index (κ3) is 4.60. The normalized spacial score (nSPS) is 12.5. The Labute approximate surface area is 152 Å². The quantitative estimate of drug-likeness (QED) is 0.630. The van der Waals surface area contributed by atoms with E-state index >= 15 is 0 Å². The highest BCUT2D eigenvalue weighted by molar-refractivity contribution is 6.31. The number of halogens is 1. The van der Waals surface area contributed by atoms with Crippen molar-refractivity contribution in [1.82, 2.24) is 0 Å². The zero-order chi connectivity index (χ0) is 18.8. The maximum atomic E-state index is 12.5. The molecule has 2 aromatic rings. The van der Waals surface area contributed by atoms with Crippen LogP contribution in [-0.2, 0) is 10.2 Å². The molecule has 0 radical (unpaired) electrons. The van der Waals surface area contributed by atoms with Crippen LogP contribution in [-0.4, -0.2) is 23.0 Å². The minimum Gasteiger partial charge on any atom is -0.507 e. The first-order valence-corrected chi connectivity index (χ1v) is 8.31. The molecule has 4 nitrogen and oxygen atoms in total. The summed E-state index contributed by atoms with van der Waals surface area (Å²) in [6.07, 6.45) is -0.980. The molecule has 0 amide bonds. The molecule has 0 saturated heterocycles. The monoisotopic (exact) mass is 360 g/mol. The van der Waals surface area contributed by atoms with Gasteiger partial charge in [0.1, 0.15) is 11.3 Å². The second-order valence-electron chi connectivity index (χ2n) is 6.90. The largest absolute Gasteiger partial charge is 0.507 e. The van der Waals surface area contributed by atoms with Crippen molar-refractivity contribution in [3.63, 3.8) is 0 Å². The maximum absolute atomic E-state index is 12.5. The molecule has 25 heavy (non-hydrogen) atoms. The number of aromatic hydroxyl groups is 1.